The molecule has 3 rings (SSSR count). The largest absolute Gasteiger partial charge is 0.468 e. The zero-order chi connectivity index (χ0) is 17.9. The van der Waals surface area contributed by atoms with Gasteiger partial charge >= 0.3 is 0 Å². The Morgan fingerprint density at radius 3 is 2.52 bits per heavy atom. The molecule has 0 saturated carbocycles. The molecule has 130 valence electrons. The third-order valence-corrected chi connectivity index (χ3v) is 6.52. The van der Waals surface area contributed by atoms with Crippen LogP contribution in [-0.4, -0.2) is 20.9 Å². The van der Waals surface area contributed by atoms with E-state index in [9.17, 15) is 17.6 Å². The zero-order valence-corrected chi connectivity index (χ0v) is 14.5. The van der Waals surface area contributed by atoms with Crippen LogP contribution in [0.3, 0.4) is 0 Å². The van der Waals surface area contributed by atoms with Crippen molar-refractivity contribution in [2.24, 2.45) is 0 Å². The molecular formula is C17H14FNO4S2. The first-order valence-electron chi connectivity index (χ1n) is 7.33. The van der Waals surface area contributed by atoms with Crippen molar-refractivity contribution in [3.05, 3.63) is 76.6 Å². The Morgan fingerprint density at radius 2 is 1.92 bits per heavy atom. The minimum absolute atomic E-state index is 0.0410. The van der Waals surface area contributed by atoms with Crippen LogP contribution >= 0.6 is 11.3 Å². The smallest absolute Gasteiger partial charge is 0.261 e. The normalized spacial score (nSPS) is 12.7. The van der Waals surface area contributed by atoms with E-state index in [0.717, 1.165) is 12.1 Å². The first kappa shape index (κ1) is 17.4. The van der Waals surface area contributed by atoms with Crippen LogP contribution in [0.15, 0.2) is 69.5 Å². The van der Waals surface area contributed by atoms with Gasteiger partial charge in [-0.3, -0.25) is 4.79 Å². The van der Waals surface area contributed by atoms with Gasteiger partial charge in [0.25, 0.3) is 5.91 Å². The molecule has 0 radical (unpaired) electrons. The van der Waals surface area contributed by atoms with Crippen molar-refractivity contribution in [2.45, 2.75) is 10.1 Å². The molecule has 5 nitrogen and oxygen atoms in total. The average molecular weight is 379 g/mol. The maximum absolute atomic E-state index is 13.1. The monoisotopic (exact) mass is 379 g/mol. The van der Waals surface area contributed by atoms with Crippen LogP contribution in [0.4, 0.5) is 4.39 Å². The van der Waals surface area contributed by atoms with Gasteiger partial charge in [-0.25, -0.2) is 12.8 Å². The Balaban J connectivity index is 1.87. The molecule has 2 heterocycles. The quantitative estimate of drug-likeness (QED) is 0.666. The van der Waals surface area contributed by atoms with E-state index in [1.807, 2.05) is 0 Å². The lowest BCUT2D eigenvalue weighted by atomic mass is 10.3. The van der Waals surface area contributed by atoms with Gasteiger partial charge in [0.1, 0.15) is 16.8 Å². The van der Waals surface area contributed by atoms with E-state index in [-0.39, 0.29) is 23.1 Å². The molecule has 8 heteroatoms. The van der Waals surface area contributed by atoms with Gasteiger partial charge in [-0.2, -0.15) is 0 Å². The Labute approximate surface area is 148 Å². The molecule has 0 saturated heterocycles. The lowest BCUT2D eigenvalue weighted by Gasteiger charge is -2.16. The van der Waals surface area contributed by atoms with Gasteiger partial charge < -0.3 is 9.73 Å². The minimum atomic E-state index is -3.88. The fourth-order valence-electron chi connectivity index (χ4n) is 2.31. The molecule has 0 bridgehead atoms. The van der Waals surface area contributed by atoms with Gasteiger partial charge in [-0.1, -0.05) is 6.07 Å². The lowest BCUT2D eigenvalue weighted by molar-refractivity contribution is 0.0957. The van der Waals surface area contributed by atoms with Crippen molar-refractivity contribution < 1.29 is 22.0 Å². The van der Waals surface area contributed by atoms with Crippen molar-refractivity contribution in [3.63, 3.8) is 0 Å². The second-order valence-electron chi connectivity index (χ2n) is 5.19. The standard InChI is InChI=1S/C17H14FNO4S2/c18-12-5-7-13(8-6-12)25(21,22)16(14-3-1-9-23-14)11-19-17(20)15-4-2-10-24-15/h1-10,16H,11H2,(H,19,20). The number of nitrogens with one attached hydrogen (secondary N) is 1. The van der Waals surface area contributed by atoms with E-state index in [4.69, 9.17) is 4.42 Å². The first-order chi connectivity index (χ1) is 12.0. The summed E-state index contributed by atoms with van der Waals surface area (Å²) in [5.74, 6) is -0.684. The highest BCUT2D eigenvalue weighted by Crippen LogP contribution is 2.29. The predicted octanol–water partition coefficient (Wildman–Crippen LogP) is 3.43. The summed E-state index contributed by atoms with van der Waals surface area (Å²) in [5.41, 5.74) is 0. The van der Waals surface area contributed by atoms with Gasteiger partial charge in [0.2, 0.25) is 0 Å². The molecule has 1 unspecified atom stereocenters. The molecule has 2 aromatic heterocycles. The minimum Gasteiger partial charge on any atom is -0.468 e. The van der Waals surface area contributed by atoms with E-state index in [1.165, 1.54) is 35.8 Å². The highest BCUT2D eigenvalue weighted by atomic mass is 32.2. The highest BCUT2D eigenvalue weighted by Gasteiger charge is 2.32. The molecule has 3 aromatic rings. The summed E-state index contributed by atoms with van der Waals surface area (Å²) in [4.78, 5) is 12.6. The van der Waals surface area contributed by atoms with Crippen LogP contribution in [0.5, 0.6) is 0 Å². The number of halogens is 1. The number of rotatable bonds is 6. The number of amides is 1. The number of carbonyl (C=O) groups excluding carboxylic acids is 1. The molecule has 0 aliphatic rings. The van der Waals surface area contributed by atoms with E-state index < -0.39 is 20.9 Å². The molecular weight excluding hydrogens is 365 g/mol. The number of hydrogen-bond donors (Lipinski definition) is 1. The molecule has 0 aliphatic carbocycles. The average Bonchev–Trinajstić information content (AvgIpc) is 3.29. The molecule has 1 atom stereocenters. The third kappa shape index (κ3) is 3.80. The molecule has 0 fully saturated rings. The second-order valence-corrected chi connectivity index (χ2v) is 8.27. The number of benzene rings is 1. The number of furan rings is 1. The third-order valence-electron chi connectivity index (χ3n) is 3.57. The van der Waals surface area contributed by atoms with E-state index >= 15 is 0 Å². The van der Waals surface area contributed by atoms with Crippen LogP contribution < -0.4 is 5.32 Å². The summed E-state index contributed by atoms with van der Waals surface area (Å²) < 4.78 is 44.2. The summed E-state index contributed by atoms with van der Waals surface area (Å²) in [6.07, 6.45) is 1.36. The summed E-state index contributed by atoms with van der Waals surface area (Å²) in [7, 11) is -3.88. The SMILES string of the molecule is O=C(NCC(c1ccco1)S(=O)(=O)c1ccc(F)cc1)c1cccs1. The Morgan fingerprint density at radius 1 is 1.16 bits per heavy atom. The summed E-state index contributed by atoms with van der Waals surface area (Å²) >= 11 is 1.26. The molecule has 1 amide bonds. The van der Waals surface area contributed by atoms with Crippen molar-refractivity contribution in [2.75, 3.05) is 6.54 Å². The zero-order valence-electron chi connectivity index (χ0n) is 12.9. The number of thiophene rings is 1. The van der Waals surface area contributed by atoms with E-state index in [1.54, 1.807) is 23.6 Å². The van der Waals surface area contributed by atoms with Gasteiger partial charge in [-0.05, 0) is 47.8 Å². The topological polar surface area (TPSA) is 76.4 Å². The number of carbonyl (C=O) groups is 1. The maximum Gasteiger partial charge on any atom is 0.261 e. The van der Waals surface area contributed by atoms with E-state index in [2.05, 4.69) is 5.32 Å². The molecule has 0 aliphatic heterocycles. The van der Waals surface area contributed by atoms with Crippen LogP contribution in [0.1, 0.15) is 20.7 Å². The van der Waals surface area contributed by atoms with Gasteiger partial charge in [0.15, 0.2) is 9.84 Å². The predicted molar refractivity (Wildman–Crippen MR) is 91.7 cm³/mol. The fourth-order valence-corrected chi connectivity index (χ4v) is 4.53. The van der Waals surface area contributed by atoms with Crippen LogP contribution in [0.25, 0.3) is 0 Å². The van der Waals surface area contributed by atoms with Crippen LogP contribution in [-0.2, 0) is 9.84 Å². The maximum atomic E-state index is 13.1. The van der Waals surface area contributed by atoms with Gasteiger partial charge in [-0.15, -0.1) is 11.3 Å². The van der Waals surface area contributed by atoms with Crippen LogP contribution in [0.2, 0.25) is 0 Å². The first-order valence-corrected chi connectivity index (χ1v) is 9.75. The summed E-state index contributed by atoms with van der Waals surface area (Å²) in [5, 5.41) is 3.26. The lowest BCUT2D eigenvalue weighted by Crippen LogP contribution is -2.31. The highest BCUT2D eigenvalue weighted by molar-refractivity contribution is 7.91. The Hall–Kier alpha value is -2.45. The number of sulfone groups is 1. The van der Waals surface area contributed by atoms with Gasteiger partial charge in [0.05, 0.1) is 16.0 Å². The van der Waals surface area contributed by atoms with Crippen molar-refractivity contribution >= 4 is 27.1 Å². The van der Waals surface area contributed by atoms with Gasteiger partial charge in [0, 0.05) is 6.54 Å². The molecule has 0 spiro atoms. The van der Waals surface area contributed by atoms with Crippen molar-refractivity contribution in [1.82, 2.24) is 5.32 Å². The number of hydrogen-bond acceptors (Lipinski definition) is 5. The molecule has 1 N–H and O–H groups in total. The second kappa shape index (κ2) is 7.20. The fraction of sp³-hybridized carbons (Fsp3) is 0.118. The Kier molecular flexibility index (Phi) is 5.00. The summed E-state index contributed by atoms with van der Waals surface area (Å²) in [6.45, 7) is -0.163. The van der Waals surface area contributed by atoms with Crippen molar-refractivity contribution in [3.8, 4) is 0 Å². The molecule has 1 aromatic carbocycles. The van der Waals surface area contributed by atoms with Crippen LogP contribution in [0, 0.1) is 5.82 Å². The van der Waals surface area contributed by atoms with Crippen molar-refractivity contribution in [1.29, 1.82) is 0 Å². The summed E-state index contributed by atoms with van der Waals surface area (Å²) in [6, 6.07) is 11.0. The molecule has 25 heavy (non-hydrogen) atoms. The van der Waals surface area contributed by atoms with E-state index in [0.29, 0.717) is 4.88 Å². The Bertz CT molecular complexity index is 933.